The van der Waals surface area contributed by atoms with E-state index in [0.717, 1.165) is 6.42 Å². The van der Waals surface area contributed by atoms with Gasteiger partial charge < -0.3 is 10.1 Å². The van der Waals surface area contributed by atoms with Crippen LogP contribution in [0.3, 0.4) is 0 Å². The highest BCUT2D eigenvalue weighted by atomic mass is 32.2. The lowest BCUT2D eigenvalue weighted by Crippen LogP contribution is -2.41. The minimum absolute atomic E-state index is 0.0914. The molecular formula is C12H25NO2S. The summed E-state index contributed by atoms with van der Waals surface area (Å²) < 4.78 is 4.73. The van der Waals surface area contributed by atoms with E-state index >= 15 is 0 Å². The molecule has 0 saturated carbocycles. The highest BCUT2D eigenvalue weighted by molar-refractivity contribution is 7.99. The van der Waals surface area contributed by atoms with E-state index in [-0.39, 0.29) is 17.9 Å². The average Bonchev–Trinajstić information content (AvgIpc) is 2.27. The maximum Gasteiger partial charge on any atom is 0.309 e. The molecule has 0 aromatic heterocycles. The van der Waals surface area contributed by atoms with Gasteiger partial charge in [0.05, 0.1) is 13.0 Å². The number of thioether (sulfide) groups is 1. The Labute approximate surface area is 104 Å². The van der Waals surface area contributed by atoms with Gasteiger partial charge in [-0.05, 0) is 31.8 Å². The molecule has 0 bridgehead atoms. The van der Waals surface area contributed by atoms with Crippen LogP contribution in [0, 0.1) is 5.92 Å². The molecule has 0 aliphatic heterocycles. The highest BCUT2D eigenvalue weighted by Crippen LogP contribution is 2.08. The lowest BCUT2D eigenvalue weighted by molar-refractivity contribution is -0.145. The van der Waals surface area contributed by atoms with Crippen molar-refractivity contribution in [3.63, 3.8) is 0 Å². The predicted molar refractivity (Wildman–Crippen MR) is 70.9 cm³/mol. The van der Waals surface area contributed by atoms with Crippen molar-refractivity contribution in [3.05, 3.63) is 0 Å². The van der Waals surface area contributed by atoms with Crippen LogP contribution < -0.4 is 5.32 Å². The van der Waals surface area contributed by atoms with E-state index in [1.165, 1.54) is 18.6 Å². The monoisotopic (exact) mass is 247 g/mol. The number of hydrogen-bond acceptors (Lipinski definition) is 4. The lowest BCUT2D eigenvalue weighted by Gasteiger charge is -2.23. The quantitative estimate of drug-likeness (QED) is 0.527. The number of ether oxygens (including phenoxy) is 1. The molecule has 0 heterocycles. The largest absolute Gasteiger partial charge is 0.469 e. The van der Waals surface area contributed by atoms with Gasteiger partial charge in [-0.15, -0.1) is 0 Å². The Morgan fingerprint density at radius 3 is 2.50 bits per heavy atom. The summed E-state index contributed by atoms with van der Waals surface area (Å²) in [6, 6.07) is 0.607. The topological polar surface area (TPSA) is 38.3 Å². The van der Waals surface area contributed by atoms with Gasteiger partial charge in [0.1, 0.15) is 0 Å². The Morgan fingerprint density at radius 2 is 2.00 bits per heavy atom. The van der Waals surface area contributed by atoms with Crippen LogP contribution in [0.4, 0.5) is 0 Å². The van der Waals surface area contributed by atoms with Gasteiger partial charge in [-0.3, -0.25) is 4.79 Å². The second-order valence-corrected chi connectivity index (χ2v) is 5.55. The third-order valence-corrected chi connectivity index (χ3v) is 3.70. The average molecular weight is 247 g/mol. The Bertz CT molecular complexity index is 199. The lowest BCUT2D eigenvalue weighted by atomic mass is 10.0. The second kappa shape index (κ2) is 8.88. The van der Waals surface area contributed by atoms with Crippen molar-refractivity contribution in [3.8, 4) is 0 Å². The zero-order chi connectivity index (χ0) is 12.6. The van der Waals surface area contributed by atoms with Crippen molar-refractivity contribution >= 4 is 17.7 Å². The number of nitrogens with one attached hydrogen (secondary N) is 1. The molecule has 0 aliphatic rings. The van der Waals surface area contributed by atoms with Crippen LogP contribution in [-0.4, -0.2) is 36.7 Å². The summed E-state index contributed by atoms with van der Waals surface area (Å²) in [4.78, 5) is 11.3. The van der Waals surface area contributed by atoms with Crippen molar-refractivity contribution < 1.29 is 9.53 Å². The molecule has 0 fully saturated rings. The minimum atomic E-state index is -0.143. The van der Waals surface area contributed by atoms with Gasteiger partial charge in [-0.2, -0.15) is 11.8 Å². The fourth-order valence-corrected chi connectivity index (χ4v) is 2.28. The van der Waals surface area contributed by atoms with Crippen molar-refractivity contribution in [1.29, 1.82) is 0 Å². The summed E-state index contributed by atoms with van der Waals surface area (Å²) >= 11 is 1.95. The summed E-state index contributed by atoms with van der Waals surface area (Å²) in [5, 5.41) is 3.44. The van der Waals surface area contributed by atoms with Crippen LogP contribution in [0.15, 0.2) is 0 Å². The molecule has 0 aliphatic carbocycles. The smallest absolute Gasteiger partial charge is 0.309 e. The minimum Gasteiger partial charge on any atom is -0.469 e. The SMILES string of the molecule is CCSCCC(C)NC(C)C(C)C(=O)OC. The van der Waals surface area contributed by atoms with Gasteiger partial charge in [0.2, 0.25) is 0 Å². The number of hydrogen-bond donors (Lipinski definition) is 1. The maximum atomic E-state index is 11.3. The first kappa shape index (κ1) is 15.8. The molecule has 0 aromatic carbocycles. The van der Waals surface area contributed by atoms with Gasteiger partial charge in [-0.25, -0.2) is 0 Å². The third kappa shape index (κ3) is 6.38. The van der Waals surface area contributed by atoms with E-state index in [1.54, 1.807) is 0 Å². The van der Waals surface area contributed by atoms with Gasteiger partial charge in [0, 0.05) is 12.1 Å². The number of carbonyl (C=O) groups excluding carboxylic acids is 1. The molecule has 96 valence electrons. The van der Waals surface area contributed by atoms with E-state index in [9.17, 15) is 4.79 Å². The van der Waals surface area contributed by atoms with E-state index < -0.39 is 0 Å². The Balaban J connectivity index is 3.84. The molecule has 0 rings (SSSR count). The summed E-state index contributed by atoms with van der Waals surface area (Å²) in [6.07, 6.45) is 1.14. The number of esters is 1. The molecule has 16 heavy (non-hydrogen) atoms. The standard InChI is InChI=1S/C12H25NO2S/c1-6-16-8-7-9(2)13-11(4)10(3)12(14)15-5/h9-11,13H,6-8H2,1-5H3. The fourth-order valence-electron chi connectivity index (χ4n) is 1.47. The van der Waals surface area contributed by atoms with E-state index in [4.69, 9.17) is 4.74 Å². The molecule has 4 heteroatoms. The summed E-state index contributed by atoms with van der Waals surface area (Å²) in [7, 11) is 1.44. The Morgan fingerprint density at radius 1 is 1.38 bits per heavy atom. The van der Waals surface area contributed by atoms with Crippen molar-refractivity contribution in [2.45, 2.75) is 46.2 Å². The molecule has 0 spiro atoms. The van der Waals surface area contributed by atoms with Crippen LogP contribution in [0.25, 0.3) is 0 Å². The molecule has 0 amide bonds. The Kier molecular flexibility index (Phi) is 8.76. The van der Waals surface area contributed by atoms with Crippen LogP contribution in [0.1, 0.15) is 34.1 Å². The molecule has 3 nitrogen and oxygen atoms in total. The molecule has 3 atom stereocenters. The predicted octanol–water partition coefficient (Wildman–Crippen LogP) is 2.31. The van der Waals surface area contributed by atoms with Crippen molar-refractivity contribution in [2.24, 2.45) is 5.92 Å². The molecular weight excluding hydrogens is 222 g/mol. The van der Waals surface area contributed by atoms with Gasteiger partial charge in [0.15, 0.2) is 0 Å². The fraction of sp³-hybridized carbons (Fsp3) is 0.917. The number of methoxy groups -OCH3 is 1. The zero-order valence-corrected chi connectivity index (χ0v) is 11.9. The van der Waals surface area contributed by atoms with Gasteiger partial charge in [0.25, 0.3) is 0 Å². The summed E-state index contributed by atoms with van der Waals surface area (Å²) in [5.74, 6) is 2.10. The normalized spacial score (nSPS) is 16.6. The zero-order valence-electron chi connectivity index (χ0n) is 11.1. The number of rotatable bonds is 8. The van der Waals surface area contributed by atoms with E-state index in [0.29, 0.717) is 6.04 Å². The van der Waals surface area contributed by atoms with Crippen LogP contribution >= 0.6 is 11.8 Å². The van der Waals surface area contributed by atoms with Gasteiger partial charge in [-0.1, -0.05) is 13.8 Å². The van der Waals surface area contributed by atoms with Crippen molar-refractivity contribution in [2.75, 3.05) is 18.6 Å². The third-order valence-electron chi connectivity index (χ3n) is 2.77. The summed E-state index contributed by atoms with van der Waals surface area (Å²) in [5.41, 5.74) is 0. The molecule has 3 unspecified atom stereocenters. The molecule has 0 aromatic rings. The first-order valence-corrected chi connectivity index (χ1v) is 7.10. The van der Waals surface area contributed by atoms with Crippen molar-refractivity contribution in [1.82, 2.24) is 5.32 Å². The molecule has 0 saturated heterocycles. The number of carbonyl (C=O) groups is 1. The van der Waals surface area contributed by atoms with Gasteiger partial charge >= 0.3 is 5.97 Å². The summed E-state index contributed by atoms with van der Waals surface area (Å²) in [6.45, 7) is 8.27. The second-order valence-electron chi connectivity index (χ2n) is 4.15. The maximum absolute atomic E-state index is 11.3. The van der Waals surface area contributed by atoms with E-state index in [2.05, 4.69) is 19.2 Å². The van der Waals surface area contributed by atoms with Crippen LogP contribution in [0.5, 0.6) is 0 Å². The molecule has 1 N–H and O–H groups in total. The first-order chi connectivity index (χ1) is 7.52. The van der Waals surface area contributed by atoms with E-state index in [1.807, 2.05) is 25.6 Å². The van der Waals surface area contributed by atoms with Crippen LogP contribution in [-0.2, 0) is 9.53 Å². The Hall–Kier alpha value is -0.220. The first-order valence-electron chi connectivity index (χ1n) is 5.94. The molecule has 0 radical (unpaired) electrons. The van der Waals surface area contributed by atoms with Crippen LogP contribution in [0.2, 0.25) is 0 Å². The highest BCUT2D eigenvalue weighted by Gasteiger charge is 2.21.